The van der Waals surface area contributed by atoms with Gasteiger partial charge in [0.25, 0.3) is 5.91 Å². The predicted molar refractivity (Wildman–Crippen MR) is 122 cm³/mol. The number of amides is 2. The molecule has 11 heteroatoms. The molecule has 0 aromatic carbocycles. The molecule has 1 aromatic heterocycles. The molecule has 0 radical (unpaired) electrons. The van der Waals surface area contributed by atoms with E-state index in [-0.39, 0.29) is 37.0 Å². The van der Waals surface area contributed by atoms with Crippen LogP contribution in [0.25, 0.3) is 6.08 Å². The number of nitrogens with zero attached hydrogens (tertiary/aromatic N) is 3. The molecular formula is C22H31N5O6. The highest BCUT2D eigenvalue weighted by Gasteiger charge is 2.23. The first-order valence-electron chi connectivity index (χ1n) is 10.6. The first kappa shape index (κ1) is 25.8. The van der Waals surface area contributed by atoms with E-state index in [2.05, 4.69) is 20.0 Å². The number of alkyl carbamates (subject to hydrolysis) is 1. The van der Waals surface area contributed by atoms with Crippen molar-refractivity contribution < 1.29 is 28.7 Å². The van der Waals surface area contributed by atoms with Crippen LogP contribution in [0.3, 0.4) is 0 Å². The van der Waals surface area contributed by atoms with Gasteiger partial charge in [0.2, 0.25) is 0 Å². The van der Waals surface area contributed by atoms with E-state index < -0.39 is 17.7 Å². The third kappa shape index (κ3) is 7.86. The lowest BCUT2D eigenvalue weighted by Gasteiger charge is -2.23. The lowest BCUT2D eigenvalue weighted by Crippen LogP contribution is -2.38. The van der Waals surface area contributed by atoms with Crippen LogP contribution >= 0.6 is 0 Å². The summed E-state index contributed by atoms with van der Waals surface area (Å²) in [5, 5.41) is 3.81. The Hall–Kier alpha value is -3.47. The molecule has 1 aromatic rings. The molecular weight excluding hydrogens is 430 g/mol. The van der Waals surface area contributed by atoms with Crippen molar-refractivity contribution in [1.29, 1.82) is 0 Å². The molecule has 0 saturated heterocycles. The smallest absolute Gasteiger partial charge is 0.407 e. The maximum Gasteiger partial charge on any atom is 0.407 e. The zero-order valence-corrected chi connectivity index (χ0v) is 19.6. The molecule has 0 aliphatic carbocycles. The summed E-state index contributed by atoms with van der Waals surface area (Å²) in [6, 6.07) is 1.46. The number of carbonyl (C=O) groups excluding carboxylic acids is 3. The van der Waals surface area contributed by atoms with Gasteiger partial charge in [0.15, 0.2) is 5.69 Å². The number of methoxy groups -OCH3 is 1. The third-order valence-corrected chi connectivity index (χ3v) is 4.22. The van der Waals surface area contributed by atoms with Gasteiger partial charge in [0, 0.05) is 36.8 Å². The number of ether oxygens (including phenoxy) is 2. The standard InChI is InChI=1S/C22H31N5O6/c1-6-8-27(32-9-7-24-21(30)33-22(2,3)4)19(28)14-10-15-13-25-17(20(29)31-5)12-16(15)26-18(23)11-14/h10,12-13H,6-9,11H2,1-5H3,(H2,23,26)(H,24,30). The van der Waals surface area contributed by atoms with Gasteiger partial charge in [-0.05, 0) is 39.3 Å². The minimum Gasteiger partial charge on any atom is -0.464 e. The number of hydroxylamine groups is 2. The monoisotopic (exact) mass is 461 g/mol. The molecule has 1 aliphatic heterocycles. The molecule has 1 aliphatic rings. The van der Waals surface area contributed by atoms with Gasteiger partial charge >= 0.3 is 12.1 Å². The van der Waals surface area contributed by atoms with Crippen LogP contribution in [0.4, 0.5) is 10.5 Å². The summed E-state index contributed by atoms with van der Waals surface area (Å²) < 4.78 is 9.85. The Morgan fingerprint density at radius 2 is 2.00 bits per heavy atom. The van der Waals surface area contributed by atoms with Crippen molar-refractivity contribution in [3.05, 3.63) is 29.1 Å². The number of hydrogen-bond donors (Lipinski definition) is 2. The van der Waals surface area contributed by atoms with Crippen molar-refractivity contribution in [3.8, 4) is 0 Å². The molecule has 11 nitrogen and oxygen atoms in total. The normalized spacial score (nSPS) is 13.1. The van der Waals surface area contributed by atoms with Gasteiger partial charge in [-0.1, -0.05) is 6.92 Å². The number of fused-ring (bicyclic) bond motifs is 1. The van der Waals surface area contributed by atoms with E-state index in [1.165, 1.54) is 24.4 Å². The van der Waals surface area contributed by atoms with Gasteiger partial charge in [-0.2, -0.15) is 0 Å². The zero-order valence-electron chi connectivity index (χ0n) is 19.6. The highest BCUT2D eigenvalue weighted by Crippen LogP contribution is 2.27. The van der Waals surface area contributed by atoms with Gasteiger partial charge in [-0.15, -0.1) is 0 Å². The van der Waals surface area contributed by atoms with Crippen LogP contribution in [0, 0.1) is 0 Å². The van der Waals surface area contributed by atoms with E-state index in [1.807, 2.05) is 6.92 Å². The second-order valence-electron chi connectivity index (χ2n) is 8.24. The Morgan fingerprint density at radius 3 is 2.64 bits per heavy atom. The summed E-state index contributed by atoms with van der Waals surface area (Å²) in [6.45, 7) is 7.79. The van der Waals surface area contributed by atoms with Crippen molar-refractivity contribution in [3.63, 3.8) is 0 Å². The number of nitrogens with one attached hydrogen (secondary N) is 1. The van der Waals surface area contributed by atoms with Crippen LogP contribution in [-0.2, 0) is 19.1 Å². The van der Waals surface area contributed by atoms with Crippen molar-refractivity contribution in [2.45, 2.75) is 46.1 Å². The van der Waals surface area contributed by atoms with E-state index in [0.29, 0.717) is 29.8 Å². The van der Waals surface area contributed by atoms with E-state index in [4.69, 9.17) is 15.3 Å². The Bertz CT molecular complexity index is 951. The number of rotatable bonds is 8. The maximum absolute atomic E-state index is 13.1. The largest absolute Gasteiger partial charge is 0.464 e. The van der Waals surface area contributed by atoms with Crippen LogP contribution < -0.4 is 11.1 Å². The lowest BCUT2D eigenvalue weighted by molar-refractivity contribution is -0.181. The van der Waals surface area contributed by atoms with Crippen molar-refractivity contribution >= 4 is 35.6 Å². The topological polar surface area (TPSA) is 145 Å². The molecule has 2 rings (SSSR count). The van der Waals surface area contributed by atoms with E-state index in [1.54, 1.807) is 26.8 Å². The third-order valence-electron chi connectivity index (χ3n) is 4.22. The zero-order chi connectivity index (χ0) is 24.6. The Morgan fingerprint density at radius 1 is 1.27 bits per heavy atom. The Kier molecular flexibility index (Phi) is 8.92. The maximum atomic E-state index is 13.1. The van der Waals surface area contributed by atoms with Gasteiger partial charge in [0.05, 0.1) is 19.4 Å². The average Bonchev–Trinajstić information content (AvgIpc) is 2.90. The Labute approximate surface area is 192 Å². The fraction of sp³-hybridized carbons (Fsp3) is 0.500. The quantitative estimate of drug-likeness (QED) is 0.341. The SMILES string of the molecule is CCCN(OCCNC(=O)OC(C)(C)C)C(=O)C1=Cc2cnc(C(=O)OC)cc2N=C(N)C1. The van der Waals surface area contributed by atoms with E-state index >= 15 is 0 Å². The number of esters is 1. The second-order valence-corrected chi connectivity index (χ2v) is 8.24. The van der Waals surface area contributed by atoms with Crippen molar-refractivity contribution in [2.24, 2.45) is 10.7 Å². The molecule has 2 amide bonds. The molecule has 0 bridgehead atoms. The summed E-state index contributed by atoms with van der Waals surface area (Å²) in [6.07, 6.45) is 3.25. The van der Waals surface area contributed by atoms with Gasteiger partial charge < -0.3 is 20.5 Å². The van der Waals surface area contributed by atoms with E-state index in [0.717, 1.165) is 0 Å². The summed E-state index contributed by atoms with van der Waals surface area (Å²) in [5.74, 6) is -0.769. The highest BCUT2D eigenvalue weighted by molar-refractivity contribution is 6.05. The fourth-order valence-electron chi connectivity index (χ4n) is 2.86. The minimum atomic E-state index is -0.606. The molecule has 0 saturated carbocycles. The molecule has 0 atom stereocenters. The summed E-state index contributed by atoms with van der Waals surface area (Å²) in [7, 11) is 1.26. The van der Waals surface area contributed by atoms with Crippen molar-refractivity contribution in [2.75, 3.05) is 26.8 Å². The molecule has 0 unspecified atom stereocenters. The number of pyridine rings is 1. The summed E-state index contributed by atoms with van der Waals surface area (Å²) in [4.78, 5) is 50.6. The second kappa shape index (κ2) is 11.4. The number of aromatic nitrogens is 1. The molecule has 0 fully saturated rings. The first-order chi connectivity index (χ1) is 15.5. The van der Waals surface area contributed by atoms with E-state index in [9.17, 15) is 14.4 Å². The number of hydrogen-bond acceptors (Lipinski definition) is 9. The number of aliphatic imine (C=N–C) groups is 1. The predicted octanol–water partition coefficient (Wildman–Crippen LogP) is 2.34. The number of nitrogens with two attached hydrogens (primary N) is 1. The highest BCUT2D eigenvalue weighted by atomic mass is 16.7. The minimum absolute atomic E-state index is 0.0719. The van der Waals surface area contributed by atoms with Gasteiger partial charge in [-0.3, -0.25) is 9.63 Å². The molecule has 2 heterocycles. The van der Waals surface area contributed by atoms with Gasteiger partial charge in [0.1, 0.15) is 11.4 Å². The average molecular weight is 462 g/mol. The van der Waals surface area contributed by atoms with Crippen LogP contribution in [0.5, 0.6) is 0 Å². The summed E-state index contributed by atoms with van der Waals surface area (Å²) >= 11 is 0. The summed E-state index contributed by atoms with van der Waals surface area (Å²) in [5.41, 5.74) is 6.80. The van der Waals surface area contributed by atoms with Crippen molar-refractivity contribution in [1.82, 2.24) is 15.4 Å². The Balaban J connectivity index is 2.10. The molecule has 0 spiro atoms. The number of carbonyl (C=O) groups is 3. The first-order valence-corrected chi connectivity index (χ1v) is 10.6. The van der Waals surface area contributed by atoms with Gasteiger partial charge in [-0.25, -0.2) is 24.6 Å². The van der Waals surface area contributed by atoms with Crippen LogP contribution in [0.2, 0.25) is 0 Å². The van der Waals surface area contributed by atoms with Crippen LogP contribution in [0.1, 0.15) is 56.6 Å². The lowest BCUT2D eigenvalue weighted by atomic mass is 10.1. The number of amidine groups is 1. The van der Waals surface area contributed by atoms with Crippen LogP contribution in [-0.4, -0.2) is 66.3 Å². The molecule has 3 N–H and O–H groups in total. The molecule has 33 heavy (non-hydrogen) atoms. The fourth-order valence-corrected chi connectivity index (χ4v) is 2.86. The van der Waals surface area contributed by atoms with Crippen LogP contribution in [0.15, 0.2) is 22.8 Å². The molecule has 180 valence electrons.